The molecule has 0 radical (unpaired) electrons. The van der Waals surface area contributed by atoms with E-state index in [0.29, 0.717) is 5.56 Å². The number of carbonyl (C=O) groups is 1. The van der Waals surface area contributed by atoms with Crippen LogP contribution in [-0.2, 0) is 0 Å². The molecule has 0 fully saturated rings. The second kappa shape index (κ2) is 6.19. The van der Waals surface area contributed by atoms with Crippen LogP contribution in [0.5, 0.6) is 0 Å². The molecule has 1 unspecified atom stereocenters. The van der Waals surface area contributed by atoms with Gasteiger partial charge in [0.05, 0.1) is 6.07 Å². The second-order valence-corrected chi connectivity index (χ2v) is 5.80. The van der Waals surface area contributed by atoms with Crippen molar-refractivity contribution in [3.8, 4) is 6.07 Å². The van der Waals surface area contributed by atoms with E-state index >= 15 is 0 Å². The molecule has 3 heteroatoms. The highest BCUT2D eigenvalue weighted by Crippen LogP contribution is 2.26. The lowest BCUT2D eigenvalue weighted by Crippen LogP contribution is -2.14. The fourth-order valence-corrected chi connectivity index (χ4v) is 2.80. The van der Waals surface area contributed by atoms with Crippen LogP contribution in [0, 0.1) is 28.7 Å². The van der Waals surface area contributed by atoms with E-state index in [2.05, 4.69) is 28.7 Å². The van der Waals surface area contributed by atoms with E-state index in [1.807, 2.05) is 50.2 Å². The molecule has 100 valence electrons. The summed E-state index contributed by atoms with van der Waals surface area (Å²) in [6.45, 7) is 3.89. The van der Waals surface area contributed by atoms with E-state index < -0.39 is 5.92 Å². The van der Waals surface area contributed by atoms with Crippen LogP contribution in [-0.4, -0.2) is 5.78 Å². The van der Waals surface area contributed by atoms with Crippen LogP contribution in [0.2, 0.25) is 0 Å². The zero-order chi connectivity index (χ0) is 14.7. The fourth-order valence-electron chi connectivity index (χ4n) is 2.17. The van der Waals surface area contributed by atoms with Crippen LogP contribution in [0.1, 0.15) is 33.0 Å². The van der Waals surface area contributed by atoms with Gasteiger partial charge in [0, 0.05) is 9.13 Å². The van der Waals surface area contributed by atoms with Crippen molar-refractivity contribution in [2.24, 2.45) is 0 Å². The molecule has 2 nitrogen and oxygen atoms in total. The van der Waals surface area contributed by atoms with Gasteiger partial charge in [0.1, 0.15) is 5.92 Å². The smallest absolute Gasteiger partial charge is 0.185 e. The van der Waals surface area contributed by atoms with Crippen LogP contribution in [0.25, 0.3) is 0 Å². The van der Waals surface area contributed by atoms with Crippen molar-refractivity contribution in [1.29, 1.82) is 5.26 Å². The highest BCUT2D eigenvalue weighted by Gasteiger charge is 2.24. The van der Waals surface area contributed by atoms with Crippen molar-refractivity contribution in [2.75, 3.05) is 0 Å². The molecule has 0 aliphatic heterocycles. The Kier molecular flexibility index (Phi) is 4.56. The van der Waals surface area contributed by atoms with Crippen LogP contribution >= 0.6 is 22.6 Å². The molecule has 2 aromatic carbocycles. The Morgan fingerprint density at radius 1 is 1.10 bits per heavy atom. The van der Waals surface area contributed by atoms with E-state index in [-0.39, 0.29) is 5.78 Å². The summed E-state index contributed by atoms with van der Waals surface area (Å²) < 4.78 is 0.920. The number of rotatable bonds is 3. The number of hydrogen-bond acceptors (Lipinski definition) is 2. The monoisotopic (exact) mass is 375 g/mol. The number of carbonyl (C=O) groups excluding carboxylic acids is 1. The van der Waals surface area contributed by atoms with Crippen LogP contribution in [0.15, 0.2) is 42.5 Å². The summed E-state index contributed by atoms with van der Waals surface area (Å²) in [6, 6.07) is 15.3. The van der Waals surface area contributed by atoms with Gasteiger partial charge in [-0.2, -0.15) is 5.26 Å². The average molecular weight is 375 g/mol. The van der Waals surface area contributed by atoms with Gasteiger partial charge >= 0.3 is 0 Å². The molecule has 0 heterocycles. The molecule has 0 saturated carbocycles. The lowest BCUT2D eigenvalue weighted by atomic mass is 9.89. The zero-order valence-corrected chi connectivity index (χ0v) is 13.5. The van der Waals surface area contributed by atoms with Gasteiger partial charge in [-0.25, -0.2) is 0 Å². The number of aryl methyl sites for hydroxylation is 2. The normalized spacial score (nSPS) is 11.7. The molecule has 0 aliphatic carbocycles. The van der Waals surface area contributed by atoms with Crippen molar-refractivity contribution >= 4 is 28.4 Å². The van der Waals surface area contributed by atoms with E-state index in [1.54, 1.807) is 6.07 Å². The number of ketones is 1. The summed E-state index contributed by atoms with van der Waals surface area (Å²) in [4.78, 5) is 12.7. The lowest BCUT2D eigenvalue weighted by molar-refractivity contribution is 0.0977. The zero-order valence-electron chi connectivity index (χ0n) is 11.4. The third-order valence-corrected chi connectivity index (χ3v) is 4.78. The van der Waals surface area contributed by atoms with Crippen LogP contribution < -0.4 is 0 Å². The predicted octanol–water partition coefficient (Wildman–Crippen LogP) is 4.40. The standard InChI is InChI=1S/C17H14INO/c1-11-6-3-4-8-13(11)15(10-19)17(20)14-9-5-7-12(2)16(14)18/h3-9,15H,1-2H3. The van der Waals surface area contributed by atoms with Crippen molar-refractivity contribution in [3.63, 3.8) is 0 Å². The van der Waals surface area contributed by atoms with E-state index in [9.17, 15) is 10.1 Å². The fraction of sp³-hybridized carbons (Fsp3) is 0.176. The Morgan fingerprint density at radius 3 is 2.40 bits per heavy atom. The molecule has 0 amide bonds. The average Bonchev–Trinajstić information content (AvgIpc) is 2.44. The maximum Gasteiger partial charge on any atom is 0.185 e. The molecular formula is C17H14INO. The highest BCUT2D eigenvalue weighted by molar-refractivity contribution is 14.1. The Morgan fingerprint density at radius 2 is 1.75 bits per heavy atom. The number of hydrogen-bond donors (Lipinski definition) is 0. The predicted molar refractivity (Wildman–Crippen MR) is 87.8 cm³/mol. The first-order valence-corrected chi connectivity index (χ1v) is 7.38. The molecule has 0 bridgehead atoms. The molecule has 2 aromatic rings. The number of nitriles is 1. The molecule has 20 heavy (non-hydrogen) atoms. The van der Waals surface area contributed by atoms with Crippen molar-refractivity contribution in [3.05, 3.63) is 68.3 Å². The minimum atomic E-state index is -0.744. The largest absolute Gasteiger partial charge is 0.292 e. The molecular weight excluding hydrogens is 361 g/mol. The van der Waals surface area contributed by atoms with Crippen molar-refractivity contribution < 1.29 is 4.79 Å². The maximum absolute atomic E-state index is 12.7. The van der Waals surface area contributed by atoms with Gasteiger partial charge in [0.25, 0.3) is 0 Å². The lowest BCUT2D eigenvalue weighted by Gasteiger charge is -2.13. The third-order valence-electron chi connectivity index (χ3n) is 3.35. The van der Waals surface area contributed by atoms with Crippen molar-refractivity contribution in [2.45, 2.75) is 19.8 Å². The summed E-state index contributed by atoms with van der Waals surface area (Å²) in [5.74, 6) is -0.874. The van der Waals surface area contributed by atoms with Crippen molar-refractivity contribution in [1.82, 2.24) is 0 Å². The molecule has 2 rings (SSSR count). The molecule has 0 aromatic heterocycles. The molecule has 0 spiro atoms. The Bertz CT molecular complexity index is 700. The van der Waals surface area contributed by atoms with Gasteiger partial charge in [0.15, 0.2) is 5.78 Å². The van der Waals surface area contributed by atoms with Crippen LogP contribution in [0.4, 0.5) is 0 Å². The number of halogens is 1. The SMILES string of the molecule is Cc1ccccc1C(C#N)C(=O)c1cccc(C)c1I. The quantitative estimate of drug-likeness (QED) is 0.590. The summed E-state index contributed by atoms with van der Waals surface area (Å²) >= 11 is 2.17. The van der Waals surface area contributed by atoms with Gasteiger partial charge < -0.3 is 0 Å². The molecule has 1 atom stereocenters. The first-order valence-electron chi connectivity index (χ1n) is 6.30. The van der Waals surface area contributed by atoms with Crippen LogP contribution in [0.3, 0.4) is 0 Å². The first kappa shape index (κ1) is 14.7. The van der Waals surface area contributed by atoms with Gasteiger partial charge in [-0.3, -0.25) is 4.79 Å². The van der Waals surface area contributed by atoms with Gasteiger partial charge in [-0.1, -0.05) is 42.5 Å². The summed E-state index contributed by atoms with van der Waals surface area (Å²) in [5, 5.41) is 9.42. The number of benzene rings is 2. The second-order valence-electron chi connectivity index (χ2n) is 4.72. The van der Waals surface area contributed by atoms with E-state index in [4.69, 9.17) is 0 Å². The van der Waals surface area contributed by atoms with Gasteiger partial charge in [-0.05, 0) is 53.1 Å². The Labute approximate surface area is 132 Å². The number of nitrogens with zero attached hydrogens (tertiary/aromatic N) is 1. The summed E-state index contributed by atoms with van der Waals surface area (Å²) in [7, 11) is 0. The number of Topliss-reactive ketones (excluding diaryl/α,β-unsaturated/α-hetero) is 1. The first-order chi connectivity index (χ1) is 9.56. The topological polar surface area (TPSA) is 40.9 Å². The summed E-state index contributed by atoms with van der Waals surface area (Å²) in [6.07, 6.45) is 0. The molecule has 0 N–H and O–H groups in total. The van der Waals surface area contributed by atoms with E-state index in [1.165, 1.54) is 0 Å². The summed E-state index contributed by atoms with van der Waals surface area (Å²) in [5.41, 5.74) is 3.44. The van der Waals surface area contributed by atoms with Gasteiger partial charge in [0.2, 0.25) is 0 Å². The maximum atomic E-state index is 12.7. The minimum absolute atomic E-state index is 0.130. The Balaban J connectivity index is 2.49. The molecule has 0 saturated heterocycles. The minimum Gasteiger partial charge on any atom is -0.292 e. The highest BCUT2D eigenvalue weighted by atomic mass is 127. The third kappa shape index (κ3) is 2.75. The molecule has 0 aliphatic rings. The van der Waals surface area contributed by atoms with Gasteiger partial charge in [-0.15, -0.1) is 0 Å². The van der Waals surface area contributed by atoms with E-state index in [0.717, 1.165) is 20.3 Å². The Hall–Kier alpha value is -1.67.